The molecule has 2 aliphatic heterocycles. The van der Waals surface area contributed by atoms with Crippen LogP contribution < -0.4 is 19.9 Å². The Balaban J connectivity index is 1.16. The Morgan fingerprint density at radius 2 is 2.03 bits per heavy atom. The average molecular weight is 468 g/mol. The fourth-order valence-corrected chi connectivity index (χ4v) is 4.99. The molecule has 1 atom stereocenters. The maximum absolute atomic E-state index is 12.9. The number of thioether (sulfide) groups is 1. The van der Waals surface area contributed by atoms with E-state index >= 15 is 0 Å². The first-order valence-corrected chi connectivity index (χ1v) is 12.6. The van der Waals surface area contributed by atoms with E-state index in [4.69, 9.17) is 4.74 Å². The molecule has 1 saturated heterocycles. The fourth-order valence-electron chi connectivity index (χ4n) is 4.30. The van der Waals surface area contributed by atoms with E-state index in [1.807, 2.05) is 37.3 Å². The minimum atomic E-state index is 0.00728. The topological polar surface area (TPSA) is 87.7 Å². The molecule has 174 valence electrons. The van der Waals surface area contributed by atoms with E-state index in [2.05, 4.69) is 20.4 Å². The smallest absolute Gasteiger partial charge is 0.237 e. The summed E-state index contributed by atoms with van der Waals surface area (Å²) in [5.74, 6) is 2.02. The monoisotopic (exact) mass is 467 g/mol. The van der Waals surface area contributed by atoms with Gasteiger partial charge in [0.2, 0.25) is 11.8 Å². The van der Waals surface area contributed by atoms with Crippen LogP contribution in [0.1, 0.15) is 31.2 Å². The van der Waals surface area contributed by atoms with E-state index in [1.165, 1.54) is 11.8 Å². The lowest BCUT2D eigenvalue weighted by Crippen LogP contribution is -2.44. The highest BCUT2D eigenvalue weighted by Crippen LogP contribution is 2.33. The van der Waals surface area contributed by atoms with E-state index < -0.39 is 0 Å². The molecule has 33 heavy (non-hydrogen) atoms. The summed E-state index contributed by atoms with van der Waals surface area (Å²) in [6, 6.07) is 10.1. The molecule has 9 heteroatoms. The Labute approximate surface area is 198 Å². The van der Waals surface area contributed by atoms with Crippen LogP contribution in [-0.2, 0) is 9.59 Å². The maximum Gasteiger partial charge on any atom is 0.237 e. The van der Waals surface area contributed by atoms with Crippen LogP contribution in [0.25, 0.3) is 0 Å². The zero-order valence-corrected chi connectivity index (χ0v) is 19.6. The number of nitrogens with zero attached hydrogens (tertiary/aromatic N) is 4. The first kappa shape index (κ1) is 22.0. The molecule has 8 nitrogen and oxygen atoms in total. The molecule has 0 spiro atoms. The predicted octanol–water partition coefficient (Wildman–Crippen LogP) is 2.80. The van der Waals surface area contributed by atoms with Crippen molar-refractivity contribution in [2.45, 2.75) is 43.7 Å². The van der Waals surface area contributed by atoms with Crippen LogP contribution in [0.15, 0.2) is 35.4 Å². The van der Waals surface area contributed by atoms with Gasteiger partial charge in [-0.1, -0.05) is 17.8 Å². The summed E-state index contributed by atoms with van der Waals surface area (Å²) in [5.41, 5.74) is 1.93. The third kappa shape index (κ3) is 5.24. The van der Waals surface area contributed by atoms with E-state index in [1.54, 1.807) is 4.90 Å². The second-order valence-corrected chi connectivity index (χ2v) is 9.95. The van der Waals surface area contributed by atoms with E-state index in [9.17, 15) is 9.59 Å². The Morgan fingerprint density at radius 1 is 1.15 bits per heavy atom. The van der Waals surface area contributed by atoms with Gasteiger partial charge in [0, 0.05) is 19.1 Å². The summed E-state index contributed by atoms with van der Waals surface area (Å²) in [5, 5.41) is 12.6. The van der Waals surface area contributed by atoms with Gasteiger partial charge in [0.1, 0.15) is 17.4 Å². The zero-order valence-electron chi connectivity index (χ0n) is 18.8. The molecule has 1 aliphatic carbocycles. The van der Waals surface area contributed by atoms with E-state index in [-0.39, 0.29) is 23.5 Å². The van der Waals surface area contributed by atoms with Crippen molar-refractivity contribution in [2.24, 2.45) is 5.92 Å². The van der Waals surface area contributed by atoms with Gasteiger partial charge in [-0.25, -0.2) is 0 Å². The van der Waals surface area contributed by atoms with Crippen LogP contribution in [-0.4, -0.2) is 60.0 Å². The number of ether oxygens (including phenoxy) is 1. The highest BCUT2D eigenvalue weighted by molar-refractivity contribution is 7.99. The second kappa shape index (κ2) is 9.59. The van der Waals surface area contributed by atoms with Crippen molar-refractivity contribution in [3.8, 4) is 5.75 Å². The number of piperidine rings is 1. The molecule has 5 rings (SSSR count). The first-order chi connectivity index (χ1) is 16.1. The SMILES string of the molecule is Cc1ccc2c(c1)N(C(=O)CSc1ccc(N3CCC[C@@H](C(=O)NC4CC4)C3)nn1)CCO2. The summed E-state index contributed by atoms with van der Waals surface area (Å²) in [6.45, 7) is 4.60. The molecule has 3 heterocycles. The van der Waals surface area contributed by atoms with Crippen molar-refractivity contribution in [1.82, 2.24) is 15.5 Å². The van der Waals surface area contributed by atoms with Gasteiger partial charge in [0.25, 0.3) is 0 Å². The molecule has 1 aromatic carbocycles. The zero-order chi connectivity index (χ0) is 22.8. The number of anilines is 2. The third-order valence-electron chi connectivity index (χ3n) is 6.29. The third-order valence-corrected chi connectivity index (χ3v) is 7.19. The highest BCUT2D eigenvalue weighted by Gasteiger charge is 2.31. The molecule has 3 aliphatic rings. The molecule has 2 aromatic rings. The van der Waals surface area contributed by atoms with Crippen LogP contribution in [0.3, 0.4) is 0 Å². The molecule has 1 N–H and O–H groups in total. The number of benzene rings is 1. The number of hydrogen-bond donors (Lipinski definition) is 1. The normalized spacial score (nSPS) is 20.1. The number of nitrogens with one attached hydrogen (secondary N) is 1. The van der Waals surface area contributed by atoms with Crippen molar-refractivity contribution in [3.05, 3.63) is 35.9 Å². The summed E-state index contributed by atoms with van der Waals surface area (Å²) in [6.07, 6.45) is 4.10. The lowest BCUT2D eigenvalue weighted by atomic mass is 9.97. The van der Waals surface area contributed by atoms with E-state index in [0.717, 1.165) is 55.0 Å². The Hall–Kier alpha value is -2.81. The molecule has 1 aromatic heterocycles. The number of amides is 2. The number of carbonyl (C=O) groups excluding carboxylic acids is 2. The summed E-state index contributed by atoms with van der Waals surface area (Å²) >= 11 is 1.39. The molecule has 2 amide bonds. The van der Waals surface area contributed by atoms with Gasteiger partial charge in [-0.2, -0.15) is 0 Å². The number of aromatic nitrogens is 2. The second-order valence-electron chi connectivity index (χ2n) is 8.95. The molecule has 1 saturated carbocycles. The van der Waals surface area contributed by atoms with Gasteiger partial charge in [-0.3, -0.25) is 9.59 Å². The minimum Gasteiger partial charge on any atom is -0.490 e. The van der Waals surface area contributed by atoms with Gasteiger partial charge < -0.3 is 19.9 Å². The average Bonchev–Trinajstić information content (AvgIpc) is 3.66. The Kier molecular flexibility index (Phi) is 6.39. The van der Waals surface area contributed by atoms with Crippen LogP contribution in [0.5, 0.6) is 5.75 Å². The van der Waals surface area contributed by atoms with Crippen LogP contribution in [0.4, 0.5) is 11.5 Å². The predicted molar refractivity (Wildman–Crippen MR) is 128 cm³/mol. The number of rotatable bonds is 6. The minimum absolute atomic E-state index is 0.00728. The van der Waals surface area contributed by atoms with Crippen molar-refractivity contribution in [2.75, 3.05) is 41.8 Å². The first-order valence-electron chi connectivity index (χ1n) is 11.6. The van der Waals surface area contributed by atoms with Gasteiger partial charge in [-0.05, 0) is 62.4 Å². The van der Waals surface area contributed by atoms with Gasteiger partial charge in [0.15, 0.2) is 5.82 Å². The lowest BCUT2D eigenvalue weighted by Gasteiger charge is -2.32. The summed E-state index contributed by atoms with van der Waals surface area (Å²) < 4.78 is 5.68. The Morgan fingerprint density at radius 3 is 2.82 bits per heavy atom. The highest BCUT2D eigenvalue weighted by atomic mass is 32.2. The maximum atomic E-state index is 12.9. The standard InChI is InChI=1S/C24H29N5O3S/c1-16-4-7-20-19(13-16)29(11-12-32-20)23(30)15-33-22-9-8-21(26-27-22)28-10-2-3-17(14-28)24(31)25-18-5-6-18/h4,7-9,13,17-18H,2-3,5-6,10-12,14-15H2,1H3,(H,25,31)/t17-/m1/s1. The number of hydrogen-bond acceptors (Lipinski definition) is 7. The van der Waals surface area contributed by atoms with Gasteiger partial charge >= 0.3 is 0 Å². The van der Waals surface area contributed by atoms with Crippen LogP contribution >= 0.6 is 11.8 Å². The van der Waals surface area contributed by atoms with Crippen molar-refractivity contribution >= 4 is 35.1 Å². The molecule has 2 fully saturated rings. The van der Waals surface area contributed by atoms with Crippen molar-refractivity contribution < 1.29 is 14.3 Å². The molecule has 0 radical (unpaired) electrons. The van der Waals surface area contributed by atoms with Gasteiger partial charge in [0.05, 0.1) is 23.9 Å². The van der Waals surface area contributed by atoms with Crippen molar-refractivity contribution in [3.63, 3.8) is 0 Å². The number of carbonyl (C=O) groups is 2. The van der Waals surface area contributed by atoms with Crippen LogP contribution in [0, 0.1) is 12.8 Å². The molecule has 0 unspecified atom stereocenters. The quantitative estimate of drug-likeness (QED) is 0.654. The van der Waals surface area contributed by atoms with E-state index in [0.29, 0.717) is 30.8 Å². The molecule has 0 bridgehead atoms. The summed E-state index contributed by atoms with van der Waals surface area (Å²) in [7, 11) is 0. The lowest BCUT2D eigenvalue weighted by molar-refractivity contribution is -0.125. The van der Waals surface area contributed by atoms with Crippen LogP contribution in [0.2, 0.25) is 0 Å². The number of fused-ring (bicyclic) bond motifs is 1. The Bertz CT molecular complexity index is 1030. The summed E-state index contributed by atoms with van der Waals surface area (Å²) in [4.78, 5) is 29.3. The fraction of sp³-hybridized carbons (Fsp3) is 0.500. The largest absolute Gasteiger partial charge is 0.490 e. The molecular weight excluding hydrogens is 438 g/mol. The van der Waals surface area contributed by atoms with Gasteiger partial charge in [-0.15, -0.1) is 10.2 Å². The molecular formula is C24H29N5O3S. The number of aryl methyl sites for hydroxylation is 1. The van der Waals surface area contributed by atoms with Crippen molar-refractivity contribution in [1.29, 1.82) is 0 Å².